The lowest BCUT2D eigenvalue weighted by atomic mass is 10.1. The predicted molar refractivity (Wildman–Crippen MR) is 78.0 cm³/mol. The molecule has 2 heterocycles. The van der Waals surface area contributed by atoms with Gasteiger partial charge in [-0.3, -0.25) is 4.79 Å². The van der Waals surface area contributed by atoms with Gasteiger partial charge in [-0.05, 0) is 12.8 Å². The van der Waals surface area contributed by atoms with E-state index in [4.69, 9.17) is 0 Å². The van der Waals surface area contributed by atoms with Crippen molar-refractivity contribution in [3.8, 4) is 0 Å². The second kappa shape index (κ2) is 7.58. The second-order valence-electron chi connectivity index (χ2n) is 4.89. The first-order chi connectivity index (χ1) is 9.81. The van der Waals surface area contributed by atoms with Gasteiger partial charge in [0.25, 0.3) is 0 Å². The molecule has 22 heavy (non-hydrogen) atoms. The molecular weight excluding hydrogens is 343 g/mol. The number of nitrogens with zero attached hydrogens (tertiary/aromatic N) is 1. The van der Waals surface area contributed by atoms with E-state index in [-0.39, 0.29) is 23.3 Å². The van der Waals surface area contributed by atoms with Gasteiger partial charge >= 0.3 is 6.18 Å². The highest BCUT2D eigenvalue weighted by Gasteiger charge is 2.35. The number of hydrogen-bond acceptors (Lipinski definition) is 5. The van der Waals surface area contributed by atoms with E-state index in [0.29, 0.717) is 19.4 Å². The summed E-state index contributed by atoms with van der Waals surface area (Å²) in [4.78, 5) is 15.6. The van der Waals surface area contributed by atoms with Crippen molar-refractivity contribution >= 4 is 29.7 Å². The van der Waals surface area contributed by atoms with E-state index in [0.717, 1.165) is 16.7 Å². The zero-order chi connectivity index (χ0) is 15.6. The highest BCUT2D eigenvalue weighted by molar-refractivity contribution is 7.09. The van der Waals surface area contributed by atoms with Crippen molar-refractivity contribution < 1.29 is 23.1 Å². The van der Waals surface area contributed by atoms with E-state index in [2.05, 4.69) is 15.6 Å². The van der Waals surface area contributed by atoms with Crippen molar-refractivity contribution in [3.63, 3.8) is 0 Å². The lowest BCUT2D eigenvalue weighted by Crippen LogP contribution is -2.41. The van der Waals surface area contributed by atoms with Crippen LogP contribution in [0.4, 0.5) is 13.2 Å². The van der Waals surface area contributed by atoms with Crippen LogP contribution < -0.4 is 10.6 Å². The summed E-state index contributed by atoms with van der Waals surface area (Å²) in [6.45, 7) is 2.10. The van der Waals surface area contributed by atoms with Crippen LogP contribution in [0.1, 0.15) is 36.5 Å². The van der Waals surface area contributed by atoms with Crippen LogP contribution in [-0.2, 0) is 11.0 Å². The summed E-state index contributed by atoms with van der Waals surface area (Å²) < 4.78 is 37.6. The number of aliphatic hydroxyl groups is 1. The lowest BCUT2D eigenvalue weighted by molar-refractivity contribution is -0.140. The lowest BCUT2D eigenvalue weighted by Gasteiger charge is -2.17. The van der Waals surface area contributed by atoms with Crippen molar-refractivity contribution in [2.75, 3.05) is 6.54 Å². The molecule has 1 amide bonds. The molecule has 3 unspecified atom stereocenters. The van der Waals surface area contributed by atoms with Crippen LogP contribution in [0.3, 0.4) is 0 Å². The number of thiazole rings is 1. The average molecular weight is 360 g/mol. The minimum atomic E-state index is -4.48. The number of amides is 1. The summed E-state index contributed by atoms with van der Waals surface area (Å²) in [6.07, 6.45) is -4.31. The summed E-state index contributed by atoms with van der Waals surface area (Å²) in [5.41, 5.74) is -0.940. The quantitative estimate of drug-likeness (QED) is 0.767. The van der Waals surface area contributed by atoms with E-state index >= 15 is 0 Å². The van der Waals surface area contributed by atoms with Gasteiger partial charge in [0, 0.05) is 11.9 Å². The number of β-amino-alcohol motifs (C(OH)–C–C–N with tert-alkyl or cyclic N) is 1. The van der Waals surface area contributed by atoms with Gasteiger partial charge in [0.2, 0.25) is 5.91 Å². The van der Waals surface area contributed by atoms with Crippen LogP contribution in [0.15, 0.2) is 5.38 Å². The molecule has 5 nitrogen and oxygen atoms in total. The molecule has 0 saturated carbocycles. The van der Waals surface area contributed by atoms with Crippen LogP contribution in [0.5, 0.6) is 0 Å². The Balaban J connectivity index is 0.00000242. The minimum Gasteiger partial charge on any atom is -0.392 e. The summed E-state index contributed by atoms with van der Waals surface area (Å²) in [5.74, 6) is -0.331. The Hall–Kier alpha value is -0.900. The molecule has 1 aliphatic heterocycles. The first kappa shape index (κ1) is 19.1. The first-order valence-corrected chi connectivity index (χ1v) is 7.43. The third kappa shape index (κ3) is 4.55. The molecule has 1 aromatic heterocycles. The van der Waals surface area contributed by atoms with Gasteiger partial charge in [0.15, 0.2) is 5.69 Å². The Morgan fingerprint density at radius 2 is 2.32 bits per heavy atom. The zero-order valence-electron chi connectivity index (χ0n) is 11.7. The molecule has 0 spiro atoms. The fourth-order valence-corrected chi connectivity index (χ4v) is 3.06. The molecule has 1 saturated heterocycles. The molecule has 3 atom stereocenters. The summed E-state index contributed by atoms with van der Waals surface area (Å²) in [7, 11) is 0. The van der Waals surface area contributed by atoms with E-state index in [9.17, 15) is 23.1 Å². The molecule has 10 heteroatoms. The number of carbonyl (C=O) groups excluding carboxylic acids is 1. The zero-order valence-corrected chi connectivity index (χ0v) is 13.3. The van der Waals surface area contributed by atoms with Crippen molar-refractivity contribution in [1.29, 1.82) is 0 Å². The maximum atomic E-state index is 12.5. The molecule has 0 bridgehead atoms. The van der Waals surface area contributed by atoms with Crippen LogP contribution in [0.2, 0.25) is 0 Å². The minimum absolute atomic E-state index is 0. The van der Waals surface area contributed by atoms with Gasteiger partial charge in [-0.1, -0.05) is 6.92 Å². The standard InChI is InChI=1S/C12H16F3N3O2S.ClH/c1-2-7(11-18-9(5-21-11)12(13,14)15)17-10(20)8-3-6(19)4-16-8;/h5-8,16,19H,2-4H2,1H3,(H,17,20);1H. The number of aromatic nitrogens is 1. The van der Waals surface area contributed by atoms with E-state index in [1.807, 2.05) is 0 Å². The van der Waals surface area contributed by atoms with Crippen molar-refractivity contribution in [2.45, 2.75) is 44.1 Å². The largest absolute Gasteiger partial charge is 0.434 e. The second-order valence-corrected chi connectivity index (χ2v) is 5.78. The van der Waals surface area contributed by atoms with Gasteiger partial charge in [0.05, 0.1) is 18.2 Å². The molecule has 0 aromatic carbocycles. The van der Waals surface area contributed by atoms with Gasteiger partial charge in [0.1, 0.15) is 5.01 Å². The molecule has 0 radical (unpaired) electrons. The Kier molecular flexibility index (Phi) is 6.60. The number of alkyl halides is 3. The van der Waals surface area contributed by atoms with Crippen LogP contribution in [0, 0.1) is 0 Å². The van der Waals surface area contributed by atoms with Crippen LogP contribution in [0.25, 0.3) is 0 Å². The van der Waals surface area contributed by atoms with E-state index < -0.39 is 30.1 Å². The molecule has 2 rings (SSSR count). The Morgan fingerprint density at radius 1 is 1.64 bits per heavy atom. The third-order valence-electron chi connectivity index (χ3n) is 3.26. The fraction of sp³-hybridized carbons (Fsp3) is 0.667. The fourth-order valence-electron chi connectivity index (χ4n) is 2.11. The molecule has 1 fully saturated rings. The summed E-state index contributed by atoms with van der Waals surface area (Å²) in [6, 6.07) is -1.07. The van der Waals surface area contributed by atoms with Crippen LogP contribution >= 0.6 is 23.7 Å². The van der Waals surface area contributed by atoms with Crippen molar-refractivity contribution in [3.05, 3.63) is 16.1 Å². The Morgan fingerprint density at radius 3 is 2.77 bits per heavy atom. The molecule has 1 aliphatic rings. The van der Waals surface area contributed by atoms with E-state index in [1.165, 1.54) is 0 Å². The smallest absolute Gasteiger partial charge is 0.392 e. The molecule has 3 N–H and O–H groups in total. The number of hydrogen-bond donors (Lipinski definition) is 3. The van der Waals surface area contributed by atoms with Crippen molar-refractivity contribution in [2.24, 2.45) is 0 Å². The number of rotatable bonds is 4. The molecule has 126 valence electrons. The van der Waals surface area contributed by atoms with Gasteiger partial charge in [-0.2, -0.15) is 13.2 Å². The molecule has 1 aromatic rings. The Bertz CT molecular complexity index is 512. The highest BCUT2D eigenvalue weighted by atomic mass is 35.5. The number of halogens is 4. The van der Waals surface area contributed by atoms with E-state index in [1.54, 1.807) is 6.92 Å². The van der Waals surface area contributed by atoms with Gasteiger partial charge < -0.3 is 15.7 Å². The summed E-state index contributed by atoms with van der Waals surface area (Å²) in [5, 5.41) is 16.1. The number of carbonyl (C=O) groups is 1. The SMILES string of the molecule is CCC(NC(=O)C1CC(O)CN1)c1nc(C(F)(F)F)cs1.Cl. The van der Waals surface area contributed by atoms with Crippen LogP contribution in [-0.4, -0.2) is 34.7 Å². The van der Waals surface area contributed by atoms with Gasteiger partial charge in [-0.15, -0.1) is 23.7 Å². The normalized spacial score (nSPS) is 23.0. The average Bonchev–Trinajstić information content (AvgIpc) is 3.03. The first-order valence-electron chi connectivity index (χ1n) is 6.55. The maximum Gasteiger partial charge on any atom is 0.434 e. The third-order valence-corrected chi connectivity index (χ3v) is 4.22. The maximum absolute atomic E-state index is 12.5. The monoisotopic (exact) mass is 359 g/mol. The molecular formula is C12H17ClF3N3O2S. The highest BCUT2D eigenvalue weighted by Crippen LogP contribution is 2.32. The topological polar surface area (TPSA) is 74.2 Å². The van der Waals surface area contributed by atoms with Crippen molar-refractivity contribution in [1.82, 2.24) is 15.6 Å². The number of nitrogens with one attached hydrogen (secondary N) is 2. The van der Waals surface area contributed by atoms with Gasteiger partial charge in [-0.25, -0.2) is 4.98 Å². The summed E-state index contributed by atoms with van der Waals surface area (Å²) >= 11 is 0.879. The Labute approximate surface area is 135 Å². The molecule has 0 aliphatic carbocycles. The predicted octanol–water partition coefficient (Wildman–Crippen LogP) is 1.87. The number of aliphatic hydroxyl groups excluding tert-OH is 1.